The minimum Gasteiger partial charge on any atom is -0.406 e. The highest BCUT2D eigenvalue weighted by atomic mass is 19.4. The fourth-order valence-corrected chi connectivity index (χ4v) is 1.33. The van der Waals surface area contributed by atoms with E-state index in [1.807, 2.05) is 6.92 Å². The molecule has 0 saturated heterocycles. The first-order valence-electron chi connectivity index (χ1n) is 4.96. The molecule has 0 aliphatic rings. The second-order valence-electron chi connectivity index (χ2n) is 3.42. The summed E-state index contributed by atoms with van der Waals surface area (Å²) in [6.07, 6.45) is -3.92. The van der Waals surface area contributed by atoms with Crippen LogP contribution in [-0.4, -0.2) is 11.5 Å². The van der Waals surface area contributed by atoms with Crippen LogP contribution in [0, 0.1) is 0 Å². The molecule has 1 atom stereocenters. The fourth-order valence-electron chi connectivity index (χ4n) is 1.33. The summed E-state index contributed by atoms with van der Waals surface area (Å²) >= 11 is 0. The van der Waals surface area contributed by atoms with Gasteiger partial charge in [0.05, 0.1) is 6.10 Å². The van der Waals surface area contributed by atoms with E-state index in [-0.39, 0.29) is 5.75 Å². The molecule has 0 aliphatic carbocycles. The summed E-state index contributed by atoms with van der Waals surface area (Å²) in [6.45, 7) is 1.92. The first-order valence-corrected chi connectivity index (χ1v) is 4.96. The predicted molar refractivity (Wildman–Crippen MR) is 53.0 cm³/mol. The summed E-state index contributed by atoms with van der Waals surface area (Å²) in [7, 11) is 0. The van der Waals surface area contributed by atoms with Crippen LogP contribution in [0.4, 0.5) is 13.2 Å². The van der Waals surface area contributed by atoms with Crippen LogP contribution in [0.3, 0.4) is 0 Å². The maximum Gasteiger partial charge on any atom is 0.573 e. The largest absolute Gasteiger partial charge is 0.573 e. The average molecular weight is 234 g/mol. The average Bonchev–Trinajstić information content (AvgIpc) is 2.16. The molecular formula is C11H13F3O2. The standard InChI is InChI=1S/C11H13F3O2/c1-2-3-10(15)8-4-6-9(7-5-8)16-11(12,13)14/h4-7,10,15H,2-3H2,1H3. The summed E-state index contributed by atoms with van der Waals surface area (Å²) < 4.78 is 39.3. The predicted octanol–water partition coefficient (Wildman–Crippen LogP) is 3.42. The number of ether oxygens (including phenoxy) is 1. The molecule has 0 heterocycles. The van der Waals surface area contributed by atoms with Gasteiger partial charge < -0.3 is 9.84 Å². The van der Waals surface area contributed by atoms with Crippen LogP contribution >= 0.6 is 0 Å². The summed E-state index contributed by atoms with van der Waals surface area (Å²) in [6, 6.07) is 5.26. The van der Waals surface area contributed by atoms with Crippen molar-refractivity contribution in [1.29, 1.82) is 0 Å². The van der Waals surface area contributed by atoms with Gasteiger partial charge in [0.1, 0.15) is 5.75 Å². The number of rotatable bonds is 4. The van der Waals surface area contributed by atoms with Crippen LogP contribution in [0.25, 0.3) is 0 Å². The number of hydrogen-bond donors (Lipinski definition) is 1. The van der Waals surface area contributed by atoms with E-state index in [2.05, 4.69) is 4.74 Å². The SMILES string of the molecule is CCCC(O)c1ccc(OC(F)(F)F)cc1. The van der Waals surface area contributed by atoms with Crippen molar-refractivity contribution in [2.24, 2.45) is 0 Å². The molecule has 1 rings (SSSR count). The van der Waals surface area contributed by atoms with Gasteiger partial charge in [-0.25, -0.2) is 0 Å². The molecule has 0 radical (unpaired) electrons. The maximum atomic E-state index is 11.8. The third kappa shape index (κ3) is 4.10. The molecule has 16 heavy (non-hydrogen) atoms. The lowest BCUT2D eigenvalue weighted by atomic mass is 10.1. The maximum absolute atomic E-state index is 11.8. The van der Waals surface area contributed by atoms with Crippen molar-refractivity contribution >= 4 is 0 Å². The molecule has 0 saturated carbocycles. The summed E-state index contributed by atoms with van der Waals surface area (Å²) in [5.74, 6) is -0.278. The molecule has 0 aromatic heterocycles. The van der Waals surface area contributed by atoms with Crippen LogP contribution in [0.2, 0.25) is 0 Å². The van der Waals surface area contributed by atoms with Gasteiger partial charge in [0, 0.05) is 0 Å². The van der Waals surface area contributed by atoms with E-state index in [1.54, 1.807) is 0 Å². The number of aliphatic hydroxyl groups is 1. The fraction of sp³-hybridized carbons (Fsp3) is 0.455. The quantitative estimate of drug-likeness (QED) is 0.864. The Hall–Kier alpha value is -1.23. The van der Waals surface area contributed by atoms with Gasteiger partial charge in [0.25, 0.3) is 0 Å². The van der Waals surface area contributed by atoms with Gasteiger partial charge in [-0.2, -0.15) is 0 Å². The van der Waals surface area contributed by atoms with Crippen LogP contribution in [-0.2, 0) is 0 Å². The lowest BCUT2D eigenvalue weighted by Gasteiger charge is -2.12. The Morgan fingerprint density at radius 2 is 1.81 bits per heavy atom. The van der Waals surface area contributed by atoms with Crippen molar-refractivity contribution in [3.8, 4) is 5.75 Å². The van der Waals surface area contributed by atoms with E-state index in [9.17, 15) is 18.3 Å². The van der Waals surface area contributed by atoms with Gasteiger partial charge in [-0.15, -0.1) is 13.2 Å². The van der Waals surface area contributed by atoms with Gasteiger partial charge in [-0.1, -0.05) is 25.5 Å². The van der Waals surface area contributed by atoms with Crippen molar-refractivity contribution in [3.63, 3.8) is 0 Å². The molecule has 2 nitrogen and oxygen atoms in total. The highest BCUT2D eigenvalue weighted by Crippen LogP contribution is 2.25. The molecule has 90 valence electrons. The molecule has 1 aromatic rings. The summed E-state index contributed by atoms with van der Waals surface area (Å²) in [5, 5.41) is 9.58. The van der Waals surface area contributed by atoms with Gasteiger partial charge in [-0.05, 0) is 24.1 Å². The first-order chi connectivity index (χ1) is 7.42. The van der Waals surface area contributed by atoms with E-state index in [4.69, 9.17) is 0 Å². The highest BCUT2D eigenvalue weighted by molar-refractivity contribution is 5.28. The van der Waals surface area contributed by atoms with Gasteiger partial charge >= 0.3 is 6.36 Å². The number of aliphatic hydroxyl groups excluding tert-OH is 1. The Morgan fingerprint density at radius 3 is 2.25 bits per heavy atom. The second-order valence-corrected chi connectivity index (χ2v) is 3.42. The van der Waals surface area contributed by atoms with E-state index >= 15 is 0 Å². The Kier molecular flexibility index (Phi) is 4.18. The monoisotopic (exact) mass is 234 g/mol. The van der Waals surface area contributed by atoms with E-state index in [0.29, 0.717) is 12.0 Å². The van der Waals surface area contributed by atoms with Crippen LogP contribution in [0.15, 0.2) is 24.3 Å². The normalized spacial score (nSPS) is 13.6. The van der Waals surface area contributed by atoms with Crippen molar-refractivity contribution in [1.82, 2.24) is 0 Å². The minimum atomic E-state index is -4.68. The van der Waals surface area contributed by atoms with Crippen molar-refractivity contribution < 1.29 is 23.0 Å². The summed E-state index contributed by atoms with van der Waals surface area (Å²) in [5.41, 5.74) is 0.594. The van der Waals surface area contributed by atoms with E-state index in [0.717, 1.165) is 6.42 Å². The van der Waals surface area contributed by atoms with Crippen LogP contribution in [0.5, 0.6) is 5.75 Å². The van der Waals surface area contributed by atoms with Crippen LogP contribution < -0.4 is 4.74 Å². The third-order valence-electron chi connectivity index (χ3n) is 2.06. The third-order valence-corrected chi connectivity index (χ3v) is 2.06. The highest BCUT2D eigenvalue weighted by Gasteiger charge is 2.30. The Morgan fingerprint density at radius 1 is 1.25 bits per heavy atom. The Bertz CT molecular complexity index is 319. The Balaban J connectivity index is 2.68. The molecule has 0 amide bonds. The zero-order valence-corrected chi connectivity index (χ0v) is 8.79. The molecule has 1 N–H and O–H groups in total. The van der Waals surface area contributed by atoms with E-state index < -0.39 is 12.5 Å². The Labute approximate surface area is 91.7 Å². The number of hydrogen-bond acceptors (Lipinski definition) is 2. The molecule has 1 aromatic carbocycles. The zero-order chi connectivity index (χ0) is 12.2. The molecule has 0 bridgehead atoms. The molecule has 0 spiro atoms. The van der Waals surface area contributed by atoms with E-state index in [1.165, 1.54) is 24.3 Å². The summed E-state index contributed by atoms with van der Waals surface area (Å²) in [4.78, 5) is 0. The number of alkyl halides is 3. The van der Waals surface area contributed by atoms with Crippen molar-refractivity contribution in [2.75, 3.05) is 0 Å². The van der Waals surface area contributed by atoms with Gasteiger partial charge in [0.15, 0.2) is 0 Å². The van der Waals surface area contributed by atoms with Crippen molar-refractivity contribution in [2.45, 2.75) is 32.2 Å². The van der Waals surface area contributed by atoms with Crippen LogP contribution in [0.1, 0.15) is 31.4 Å². The topological polar surface area (TPSA) is 29.5 Å². The minimum absolute atomic E-state index is 0.278. The van der Waals surface area contributed by atoms with Crippen molar-refractivity contribution in [3.05, 3.63) is 29.8 Å². The molecule has 0 fully saturated rings. The zero-order valence-electron chi connectivity index (χ0n) is 8.79. The molecule has 0 aliphatic heterocycles. The molecule has 1 unspecified atom stereocenters. The number of halogens is 3. The second kappa shape index (κ2) is 5.21. The molecule has 5 heteroatoms. The lowest BCUT2D eigenvalue weighted by molar-refractivity contribution is -0.274. The number of benzene rings is 1. The van der Waals surface area contributed by atoms with Gasteiger partial charge in [0.2, 0.25) is 0 Å². The smallest absolute Gasteiger partial charge is 0.406 e. The lowest BCUT2D eigenvalue weighted by Crippen LogP contribution is -2.17. The molecular weight excluding hydrogens is 221 g/mol. The first kappa shape index (κ1) is 12.8. The van der Waals surface area contributed by atoms with Gasteiger partial charge in [-0.3, -0.25) is 0 Å².